The van der Waals surface area contributed by atoms with E-state index in [1.54, 1.807) is 0 Å². The first-order chi connectivity index (χ1) is 8.15. The molecule has 0 unspecified atom stereocenters. The molecule has 0 aliphatic carbocycles. The molecule has 94 valence electrons. The molecule has 1 fully saturated rings. The van der Waals surface area contributed by atoms with E-state index in [4.69, 9.17) is 5.73 Å². The third-order valence-corrected chi connectivity index (χ3v) is 3.59. The highest BCUT2D eigenvalue weighted by Crippen LogP contribution is 2.15. The second-order valence-corrected chi connectivity index (χ2v) is 5.10. The second-order valence-electron chi connectivity index (χ2n) is 5.10. The first-order valence-electron chi connectivity index (χ1n) is 6.41. The summed E-state index contributed by atoms with van der Waals surface area (Å²) in [5.74, 6) is 0. The van der Waals surface area contributed by atoms with Gasteiger partial charge in [0.2, 0.25) is 0 Å². The van der Waals surface area contributed by atoms with Crippen molar-refractivity contribution >= 4 is 5.69 Å². The molecular formula is C14H23N3. The predicted molar refractivity (Wildman–Crippen MR) is 73.2 cm³/mol. The number of likely N-dealkylation sites (N-methyl/N-ethyl adjacent to an activating group) is 1. The lowest BCUT2D eigenvalue weighted by Crippen LogP contribution is -2.45. The minimum absolute atomic E-state index is 0.944. The molecule has 0 atom stereocenters. The zero-order valence-corrected chi connectivity index (χ0v) is 10.9. The molecule has 1 heterocycles. The molecule has 1 aromatic rings. The van der Waals surface area contributed by atoms with Gasteiger partial charge in [-0.3, -0.25) is 0 Å². The maximum absolute atomic E-state index is 6.03. The van der Waals surface area contributed by atoms with Crippen molar-refractivity contribution in [2.45, 2.75) is 13.3 Å². The topological polar surface area (TPSA) is 32.5 Å². The summed E-state index contributed by atoms with van der Waals surface area (Å²) >= 11 is 0. The van der Waals surface area contributed by atoms with Crippen LogP contribution in [-0.4, -0.2) is 49.6 Å². The van der Waals surface area contributed by atoms with Crippen molar-refractivity contribution in [1.82, 2.24) is 9.80 Å². The number of hydrogen-bond acceptors (Lipinski definition) is 3. The van der Waals surface area contributed by atoms with Crippen LogP contribution in [0, 0.1) is 6.92 Å². The van der Waals surface area contributed by atoms with Crippen LogP contribution in [0.3, 0.4) is 0 Å². The zero-order valence-electron chi connectivity index (χ0n) is 10.9. The van der Waals surface area contributed by atoms with Crippen LogP contribution in [0.25, 0.3) is 0 Å². The van der Waals surface area contributed by atoms with Crippen molar-refractivity contribution in [3.05, 3.63) is 29.3 Å². The third kappa shape index (κ3) is 3.45. The molecular weight excluding hydrogens is 210 g/mol. The van der Waals surface area contributed by atoms with Crippen LogP contribution >= 0.6 is 0 Å². The SMILES string of the molecule is Cc1ccc(CCN2CCN(C)CC2)c(N)c1. The highest BCUT2D eigenvalue weighted by Gasteiger charge is 2.13. The first-order valence-corrected chi connectivity index (χ1v) is 6.41. The van der Waals surface area contributed by atoms with Gasteiger partial charge in [0.25, 0.3) is 0 Å². The number of benzene rings is 1. The van der Waals surface area contributed by atoms with Crippen LogP contribution in [0.2, 0.25) is 0 Å². The Morgan fingerprint density at radius 3 is 2.53 bits per heavy atom. The second kappa shape index (κ2) is 5.52. The van der Waals surface area contributed by atoms with Crippen molar-refractivity contribution in [1.29, 1.82) is 0 Å². The molecule has 0 amide bonds. The number of nitrogens with zero attached hydrogens (tertiary/aromatic N) is 2. The van der Waals surface area contributed by atoms with E-state index in [-0.39, 0.29) is 0 Å². The number of aryl methyl sites for hydroxylation is 1. The average molecular weight is 233 g/mol. The van der Waals surface area contributed by atoms with Crippen molar-refractivity contribution in [2.24, 2.45) is 0 Å². The van der Waals surface area contributed by atoms with Gasteiger partial charge in [-0.25, -0.2) is 0 Å². The van der Waals surface area contributed by atoms with Gasteiger partial charge in [0, 0.05) is 38.4 Å². The van der Waals surface area contributed by atoms with E-state index in [2.05, 4.69) is 42.0 Å². The maximum Gasteiger partial charge on any atom is 0.0349 e. The Morgan fingerprint density at radius 1 is 1.18 bits per heavy atom. The van der Waals surface area contributed by atoms with Crippen molar-refractivity contribution in [3.8, 4) is 0 Å². The number of anilines is 1. The Labute approximate surface area is 104 Å². The maximum atomic E-state index is 6.03. The van der Waals surface area contributed by atoms with Crippen LogP contribution < -0.4 is 5.73 Å². The Hall–Kier alpha value is -1.06. The highest BCUT2D eigenvalue weighted by molar-refractivity contribution is 5.49. The van der Waals surface area contributed by atoms with Gasteiger partial charge in [-0.2, -0.15) is 0 Å². The van der Waals surface area contributed by atoms with E-state index < -0.39 is 0 Å². The molecule has 1 saturated heterocycles. The smallest absolute Gasteiger partial charge is 0.0349 e. The molecule has 0 radical (unpaired) electrons. The Balaban J connectivity index is 1.85. The normalized spacial score (nSPS) is 18.5. The van der Waals surface area contributed by atoms with E-state index in [1.165, 1.54) is 37.3 Å². The molecule has 3 nitrogen and oxygen atoms in total. The van der Waals surface area contributed by atoms with Gasteiger partial charge in [0.05, 0.1) is 0 Å². The van der Waals surface area contributed by atoms with Crippen LogP contribution in [0.4, 0.5) is 5.69 Å². The summed E-state index contributed by atoms with van der Waals surface area (Å²) in [7, 11) is 2.19. The van der Waals surface area contributed by atoms with Gasteiger partial charge >= 0.3 is 0 Å². The predicted octanol–water partition coefficient (Wildman–Crippen LogP) is 1.37. The van der Waals surface area contributed by atoms with Gasteiger partial charge in [-0.15, -0.1) is 0 Å². The van der Waals surface area contributed by atoms with E-state index in [0.29, 0.717) is 0 Å². The lowest BCUT2D eigenvalue weighted by molar-refractivity contribution is 0.155. The number of nitrogens with two attached hydrogens (primary N) is 1. The van der Waals surface area contributed by atoms with Gasteiger partial charge in [0.1, 0.15) is 0 Å². The van der Waals surface area contributed by atoms with Gasteiger partial charge in [-0.05, 0) is 37.6 Å². The molecule has 0 spiro atoms. The monoisotopic (exact) mass is 233 g/mol. The molecule has 3 heteroatoms. The fourth-order valence-corrected chi connectivity index (χ4v) is 2.29. The minimum Gasteiger partial charge on any atom is -0.398 e. The molecule has 2 N–H and O–H groups in total. The summed E-state index contributed by atoms with van der Waals surface area (Å²) in [5, 5.41) is 0. The summed E-state index contributed by atoms with van der Waals surface area (Å²) in [5.41, 5.74) is 9.50. The first kappa shape index (κ1) is 12.4. The molecule has 2 rings (SSSR count). The summed E-state index contributed by atoms with van der Waals surface area (Å²) in [6.07, 6.45) is 1.07. The Kier molecular flexibility index (Phi) is 4.02. The summed E-state index contributed by atoms with van der Waals surface area (Å²) in [6.45, 7) is 7.94. The molecule has 1 aliphatic heterocycles. The summed E-state index contributed by atoms with van der Waals surface area (Å²) < 4.78 is 0. The number of rotatable bonds is 3. The van der Waals surface area contributed by atoms with Crippen molar-refractivity contribution in [3.63, 3.8) is 0 Å². The molecule has 17 heavy (non-hydrogen) atoms. The number of nitrogen functional groups attached to an aromatic ring is 1. The van der Waals surface area contributed by atoms with Crippen LogP contribution in [0.1, 0.15) is 11.1 Å². The van der Waals surface area contributed by atoms with Crippen LogP contribution in [0.5, 0.6) is 0 Å². The Morgan fingerprint density at radius 2 is 1.88 bits per heavy atom. The number of hydrogen-bond donors (Lipinski definition) is 1. The number of piperazine rings is 1. The minimum atomic E-state index is 0.944. The standard InChI is InChI=1S/C14H23N3/c1-12-3-4-13(14(15)11-12)5-6-17-9-7-16(2)8-10-17/h3-4,11H,5-10,15H2,1-2H3. The van der Waals surface area contributed by atoms with E-state index in [0.717, 1.165) is 18.7 Å². The van der Waals surface area contributed by atoms with Gasteiger partial charge in [0.15, 0.2) is 0 Å². The molecule has 0 saturated carbocycles. The summed E-state index contributed by atoms with van der Waals surface area (Å²) in [4.78, 5) is 4.91. The zero-order chi connectivity index (χ0) is 12.3. The molecule has 0 aromatic heterocycles. The highest BCUT2D eigenvalue weighted by atomic mass is 15.2. The van der Waals surface area contributed by atoms with Gasteiger partial charge in [-0.1, -0.05) is 12.1 Å². The van der Waals surface area contributed by atoms with Crippen LogP contribution in [0.15, 0.2) is 18.2 Å². The lowest BCUT2D eigenvalue weighted by atomic mass is 10.1. The largest absolute Gasteiger partial charge is 0.398 e. The van der Waals surface area contributed by atoms with Crippen molar-refractivity contribution in [2.75, 3.05) is 45.5 Å². The summed E-state index contributed by atoms with van der Waals surface area (Å²) in [6, 6.07) is 6.38. The van der Waals surface area contributed by atoms with E-state index in [9.17, 15) is 0 Å². The fourth-order valence-electron chi connectivity index (χ4n) is 2.29. The molecule has 1 aromatic carbocycles. The van der Waals surface area contributed by atoms with E-state index >= 15 is 0 Å². The lowest BCUT2D eigenvalue weighted by Gasteiger charge is -2.32. The average Bonchev–Trinajstić information content (AvgIpc) is 2.30. The van der Waals surface area contributed by atoms with Crippen molar-refractivity contribution < 1.29 is 0 Å². The third-order valence-electron chi connectivity index (χ3n) is 3.59. The quantitative estimate of drug-likeness (QED) is 0.800. The van der Waals surface area contributed by atoms with Gasteiger partial charge < -0.3 is 15.5 Å². The fraction of sp³-hybridized carbons (Fsp3) is 0.571. The molecule has 0 bridgehead atoms. The Bertz CT molecular complexity index is 368. The molecule has 1 aliphatic rings. The van der Waals surface area contributed by atoms with Crippen LogP contribution in [-0.2, 0) is 6.42 Å². The van der Waals surface area contributed by atoms with E-state index in [1.807, 2.05) is 0 Å².